The molecule has 1 saturated heterocycles. The van der Waals surface area contributed by atoms with E-state index in [-0.39, 0.29) is 11.9 Å². The van der Waals surface area contributed by atoms with Crippen LogP contribution in [0.4, 0.5) is 4.39 Å². The van der Waals surface area contributed by atoms with Crippen LogP contribution in [0.5, 0.6) is 0 Å². The van der Waals surface area contributed by atoms with Crippen LogP contribution in [0.2, 0.25) is 0 Å². The number of morpholine rings is 1. The Kier molecular flexibility index (Phi) is 9.81. The molecular formula is C19H31FN4OS. The predicted molar refractivity (Wildman–Crippen MR) is 109 cm³/mol. The number of benzene rings is 1. The zero-order chi connectivity index (χ0) is 18.6. The number of nitrogens with one attached hydrogen (secondary N) is 2. The number of unbranched alkanes of at least 4 members (excludes halogenated alkanes) is 1. The molecule has 0 amide bonds. The average molecular weight is 383 g/mol. The lowest BCUT2D eigenvalue weighted by molar-refractivity contribution is 0.0169. The minimum atomic E-state index is -0.197. The van der Waals surface area contributed by atoms with Gasteiger partial charge in [-0.05, 0) is 42.5 Å². The van der Waals surface area contributed by atoms with Gasteiger partial charge < -0.3 is 15.4 Å². The minimum Gasteiger partial charge on any atom is -0.379 e. The Hall–Kier alpha value is -1.31. The third-order valence-electron chi connectivity index (χ3n) is 4.47. The molecule has 0 spiro atoms. The highest BCUT2D eigenvalue weighted by Crippen LogP contribution is 2.22. The van der Waals surface area contributed by atoms with Crippen LogP contribution in [-0.2, 0) is 4.74 Å². The average Bonchev–Trinajstić information content (AvgIpc) is 2.67. The molecule has 1 aliphatic heterocycles. The summed E-state index contributed by atoms with van der Waals surface area (Å²) in [6.45, 7) is 4.71. The van der Waals surface area contributed by atoms with E-state index in [1.165, 1.54) is 18.2 Å². The van der Waals surface area contributed by atoms with Crippen LogP contribution in [0.1, 0.15) is 24.4 Å². The Morgan fingerprint density at radius 2 is 2.12 bits per heavy atom. The van der Waals surface area contributed by atoms with Crippen molar-refractivity contribution < 1.29 is 9.13 Å². The van der Waals surface area contributed by atoms with Gasteiger partial charge in [0.1, 0.15) is 5.82 Å². The second kappa shape index (κ2) is 12.1. The number of nitrogens with zero attached hydrogens (tertiary/aromatic N) is 2. The smallest absolute Gasteiger partial charge is 0.191 e. The van der Waals surface area contributed by atoms with Gasteiger partial charge in [0.2, 0.25) is 0 Å². The summed E-state index contributed by atoms with van der Waals surface area (Å²) in [7, 11) is 1.78. The van der Waals surface area contributed by atoms with Crippen molar-refractivity contribution >= 4 is 17.7 Å². The first-order valence-electron chi connectivity index (χ1n) is 9.25. The highest BCUT2D eigenvalue weighted by Gasteiger charge is 2.23. The molecule has 0 saturated carbocycles. The molecule has 7 heteroatoms. The number of hydrogen-bond donors (Lipinski definition) is 2. The van der Waals surface area contributed by atoms with Gasteiger partial charge >= 0.3 is 0 Å². The molecule has 2 rings (SSSR count). The molecule has 1 fully saturated rings. The SMILES string of the molecule is CN=C(NCCCCSC)NCC(c1cccc(F)c1)N1CCOCC1. The van der Waals surface area contributed by atoms with E-state index in [4.69, 9.17) is 4.74 Å². The highest BCUT2D eigenvalue weighted by atomic mass is 32.2. The predicted octanol–water partition coefficient (Wildman–Crippen LogP) is 2.51. The first-order valence-corrected chi connectivity index (χ1v) is 10.6. The molecule has 1 aliphatic rings. The van der Waals surface area contributed by atoms with Gasteiger partial charge in [0.15, 0.2) is 5.96 Å². The standard InChI is InChI=1S/C19H31FN4OS/c1-21-19(22-8-3-4-13-26-2)23-15-18(24-9-11-25-12-10-24)16-6-5-7-17(20)14-16/h5-7,14,18H,3-4,8-13,15H2,1-2H3,(H2,21,22,23). The molecule has 5 nitrogen and oxygen atoms in total. The fourth-order valence-corrected chi connectivity index (χ4v) is 3.55. The van der Waals surface area contributed by atoms with Gasteiger partial charge in [0, 0.05) is 33.2 Å². The lowest BCUT2D eigenvalue weighted by Crippen LogP contribution is -2.46. The van der Waals surface area contributed by atoms with Crippen molar-refractivity contribution in [2.24, 2.45) is 4.99 Å². The Bertz CT molecular complexity index is 552. The minimum absolute atomic E-state index is 0.0876. The van der Waals surface area contributed by atoms with Crippen LogP contribution >= 0.6 is 11.8 Å². The van der Waals surface area contributed by atoms with E-state index in [2.05, 4.69) is 26.8 Å². The van der Waals surface area contributed by atoms with Crippen LogP contribution in [0.3, 0.4) is 0 Å². The molecule has 0 bridgehead atoms. The summed E-state index contributed by atoms with van der Waals surface area (Å²) in [5.41, 5.74) is 0.981. The summed E-state index contributed by atoms with van der Waals surface area (Å²) < 4.78 is 19.2. The zero-order valence-corrected chi connectivity index (χ0v) is 16.7. The van der Waals surface area contributed by atoms with Crippen LogP contribution in [0.15, 0.2) is 29.3 Å². The quantitative estimate of drug-likeness (QED) is 0.390. The number of rotatable bonds is 9. The number of thioether (sulfide) groups is 1. The van der Waals surface area contributed by atoms with Crippen molar-refractivity contribution in [2.75, 3.05) is 58.4 Å². The van der Waals surface area contributed by atoms with Gasteiger partial charge in [-0.1, -0.05) is 12.1 Å². The van der Waals surface area contributed by atoms with Gasteiger partial charge in [0.25, 0.3) is 0 Å². The van der Waals surface area contributed by atoms with Gasteiger partial charge in [0.05, 0.1) is 19.3 Å². The van der Waals surface area contributed by atoms with Crippen molar-refractivity contribution in [1.29, 1.82) is 0 Å². The maximum atomic E-state index is 13.7. The summed E-state index contributed by atoms with van der Waals surface area (Å²) in [4.78, 5) is 6.65. The summed E-state index contributed by atoms with van der Waals surface area (Å²) in [6, 6.07) is 6.97. The fraction of sp³-hybridized carbons (Fsp3) is 0.632. The molecule has 0 radical (unpaired) electrons. The summed E-state index contributed by atoms with van der Waals surface area (Å²) in [5, 5.41) is 6.77. The summed E-state index contributed by atoms with van der Waals surface area (Å²) >= 11 is 1.87. The van der Waals surface area contributed by atoms with E-state index in [9.17, 15) is 4.39 Å². The number of aliphatic imine (C=N–C) groups is 1. The molecule has 26 heavy (non-hydrogen) atoms. The van der Waals surface area contributed by atoms with Gasteiger partial charge in [-0.15, -0.1) is 0 Å². The van der Waals surface area contributed by atoms with Crippen LogP contribution in [0, 0.1) is 5.82 Å². The van der Waals surface area contributed by atoms with E-state index in [0.29, 0.717) is 19.8 Å². The van der Waals surface area contributed by atoms with E-state index in [1.807, 2.05) is 17.8 Å². The Morgan fingerprint density at radius 3 is 2.81 bits per heavy atom. The molecule has 1 unspecified atom stereocenters. The Balaban J connectivity index is 1.93. The van der Waals surface area contributed by atoms with E-state index >= 15 is 0 Å². The molecule has 2 N–H and O–H groups in total. The number of halogens is 1. The van der Waals surface area contributed by atoms with E-state index in [0.717, 1.165) is 37.6 Å². The monoisotopic (exact) mass is 382 g/mol. The van der Waals surface area contributed by atoms with Crippen LogP contribution in [0.25, 0.3) is 0 Å². The number of ether oxygens (including phenoxy) is 1. The van der Waals surface area contributed by atoms with Crippen molar-refractivity contribution in [2.45, 2.75) is 18.9 Å². The molecule has 1 aromatic rings. The number of hydrogen-bond acceptors (Lipinski definition) is 4. The third kappa shape index (κ3) is 7.13. The fourth-order valence-electron chi connectivity index (χ4n) is 3.05. The molecule has 1 aromatic carbocycles. The zero-order valence-electron chi connectivity index (χ0n) is 15.8. The van der Waals surface area contributed by atoms with Gasteiger partial charge in [-0.2, -0.15) is 11.8 Å². The van der Waals surface area contributed by atoms with Crippen molar-refractivity contribution in [3.63, 3.8) is 0 Å². The molecule has 1 atom stereocenters. The second-order valence-electron chi connectivity index (χ2n) is 6.30. The van der Waals surface area contributed by atoms with Crippen LogP contribution < -0.4 is 10.6 Å². The first kappa shape index (κ1) is 21.0. The summed E-state index contributed by atoms with van der Waals surface area (Å²) in [6.07, 6.45) is 4.45. The van der Waals surface area contributed by atoms with E-state index in [1.54, 1.807) is 19.2 Å². The highest BCUT2D eigenvalue weighted by molar-refractivity contribution is 7.98. The molecular weight excluding hydrogens is 351 g/mol. The van der Waals surface area contributed by atoms with Crippen molar-refractivity contribution in [1.82, 2.24) is 15.5 Å². The van der Waals surface area contributed by atoms with Crippen molar-refractivity contribution in [3.05, 3.63) is 35.6 Å². The summed E-state index contributed by atoms with van der Waals surface area (Å²) in [5.74, 6) is 1.78. The van der Waals surface area contributed by atoms with Crippen LogP contribution in [-0.4, -0.2) is 69.3 Å². The molecule has 146 valence electrons. The molecule has 1 heterocycles. The van der Waals surface area contributed by atoms with Crippen molar-refractivity contribution in [3.8, 4) is 0 Å². The van der Waals surface area contributed by atoms with Gasteiger partial charge in [-0.25, -0.2) is 4.39 Å². The van der Waals surface area contributed by atoms with Gasteiger partial charge in [-0.3, -0.25) is 9.89 Å². The molecule has 0 aromatic heterocycles. The lowest BCUT2D eigenvalue weighted by atomic mass is 10.0. The second-order valence-corrected chi connectivity index (χ2v) is 7.28. The number of guanidine groups is 1. The maximum absolute atomic E-state index is 13.7. The van der Waals surface area contributed by atoms with E-state index < -0.39 is 0 Å². The topological polar surface area (TPSA) is 48.9 Å². The maximum Gasteiger partial charge on any atom is 0.191 e. The third-order valence-corrected chi connectivity index (χ3v) is 5.17. The Morgan fingerprint density at radius 1 is 1.31 bits per heavy atom. The first-order chi connectivity index (χ1) is 12.7. The lowest BCUT2D eigenvalue weighted by Gasteiger charge is -2.35. The normalized spacial score (nSPS) is 17.1. The Labute approximate surface area is 160 Å². The molecule has 0 aliphatic carbocycles. The largest absolute Gasteiger partial charge is 0.379 e.